The number of nitrogens with zero attached hydrogens (tertiary/aromatic N) is 1. The highest BCUT2D eigenvalue weighted by atomic mass is 16.5. The van der Waals surface area contributed by atoms with Crippen LogP contribution in [0.15, 0.2) is 24.3 Å². The molecule has 3 heteroatoms. The molecule has 0 fully saturated rings. The van der Waals surface area contributed by atoms with Crippen molar-refractivity contribution in [1.82, 2.24) is 4.90 Å². The molecule has 0 spiro atoms. The van der Waals surface area contributed by atoms with Crippen LogP contribution in [-0.2, 0) is 9.47 Å². The number of ether oxygens (including phenoxy) is 2. The van der Waals surface area contributed by atoms with Crippen LogP contribution in [0.5, 0.6) is 0 Å². The minimum atomic E-state index is 0.370. The van der Waals surface area contributed by atoms with Crippen LogP contribution in [0.4, 0.5) is 0 Å². The van der Waals surface area contributed by atoms with Gasteiger partial charge in [0.05, 0.1) is 19.3 Å². The minimum Gasteiger partial charge on any atom is -0.380 e. The van der Waals surface area contributed by atoms with Gasteiger partial charge in [0.2, 0.25) is 0 Å². The van der Waals surface area contributed by atoms with E-state index in [0.29, 0.717) is 6.04 Å². The summed E-state index contributed by atoms with van der Waals surface area (Å²) in [7, 11) is 4.25. The summed E-state index contributed by atoms with van der Waals surface area (Å²) in [6.45, 7) is 7.87. The highest BCUT2D eigenvalue weighted by Gasteiger charge is 2.11. The van der Waals surface area contributed by atoms with Crippen LogP contribution < -0.4 is 0 Å². The van der Waals surface area contributed by atoms with Crippen molar-refractivity contribution >= 4 is 0 Å². The summed E-state index contributed by atoms with van der Waals surface area (Å²) >= 11 is 0. The molecule has 214 valence electrons. The summed E-state index contributed by atoms with van der Waals surface area (Å²) in [4.78, 5) is 2.23. The molecule has 0 aromatic heterocycles. The maximum atomic E-state index is 5.96. The first-order valence-corrected chi connectivity index (χ1v) is 15.8. The minimum absolute atomic E-state index is 0.370. The van der Waals surface area contributed by atoms with Crippen molar-refractivity contribution in [2.45, 2.75) is 148 Å². The Kier molecular flexibility index (Phi) is 30.0. The quantitative estimate of drug-likeness (QED) is 0.0742. The van der Waals surface area contributed by atoms with Crippen LogP contribution in [0.1, 0.15) is 142 Å². The molecule has 36 heavy (non-hydrogen) atoms. The van der Waals surface area contributed by atoms with Crippen LogP contribution >= 0.6 is 0 Å². The van der Waals surface area contributed by atoms with Gasteiger partial charge in [0.15, 0.2) is 0 Å². The van der Waals surface area contributed by atoms with E-state index < -0.39 is 0 Å². The monoisotopic (exact) mass is 508 g/mol. The molecule has 0 heterocycles. The molecule has 0 aromatic carbocycles. The molecule has 0 radical (unpaired) electrons. The van der Waals surface area contributed by atoms with E-state index in [-0.39, 0.29) is 0 Å². The average Bonchev–Trinajstić information content (AvgIpc) is 2.87. The molecule has 0 aliphatic carbocycles. The van der Waals surface area contributed by atoms with Gasteiger partial charge in [-0.25, -0.2) is 0 Å². The van der Waals surface area contributed by atoms with E-state index in [9.17, 15) is 0 Å². The molecule has 0 rings (SSSR count). The molecule has 0 bridgehead atoms. The maximum absolute atomic E-state index is 5.96. The summed E-state index contributed by atoms with van der Waals surface area (Å²) < 4.78 is 11.8. The Hall–Kier alpha value is -0.640. The zero-order valence-electron chi connectivity index (χ0n) is 25.1. The van der Waals surface area contributed by atoms with Gasteiger partial charge in [0, 0.05) is 13.2 Å². The largest absolute Gasteiger partial charge is 0.380 e. The first-order valence-electron chi connectivity index (χ1n) is 15.8. The zero-order chi connectivity index (χ0) is 26.4. The lowest BCUT2D eigenvalue weighted by Crippen LogP contribution is -2.37. The van der Waals surface area contributed by atoms with E-state index >= 15 is 0 Å². The third-order valence-corrected chi connectivity index (χ3v) is 6.98. The summed E-state index contributed by atoms with van der Waals surface area (Å²) in [5.41, 5.74) is 0. The van der Waals surface area contributed by atoms with Crippen molar-refractivity contribution < 1.29 is 9.47 Å². The van der Waals surface area contributed by atoms with Gasteiger partial charge in [-0.2, -0.15) is 0 Å². The third kappa shape index (κ3) is 27.9. The van der Waals surface area contributed by atoms with Gasteiger partial charge in [-0.1, -0.05) is 122 Å². The summed E-state index contributed by atoms with van der Waals surface area (Å²) in [6.07, 6.45) is 35.8. The highest BCUT2D eigenvalue weighted by Crippen LogP contribution is 2.12. The van der Waals surface area contributed by atoms with Crippen LogP contribution in [0, 0.1) is 0 Å². The molecular weight excluding hydrogens is 442 g/mol. The Morgan fingerprint density at radius 1 is 0.500 bits per heavy atom. The molecular formula is C33H65NO2. The normalized spacial score (nSPS) is 13.0. The SMILES string of the molecule is CCCCCC=CCC=CCCCCCCCCCCCCOCC(COCCCCCC)N(C)C. The Morgan fingerprint density at radius 3 is 1.36 bits per heavy atom. The lowest BCUT2D eigenvalue weighted by Gasteiger charge is -2.24. The van der Waals surface area contributed by atoms with Crippen molar-refractivity contribution in [3.63, 3.8) is 0 Å². The van der Waals surface area contributed by atoms with Crippen molar-refractivity contribution in [2.24, 2.45) is 0 Å². The Bertz CT molecular complexity index is 461. The second kappa shape index (κ2) is 30.6. The molecule has 3 nitrogen and oxygen atoms in total. The van der Waals surface area contributed by atoms with Crippen LogP contribution in [0.2, 0.25) is 0 Å². The number of rotatable bonds is 29. The van der Waals surface area contributed by atoms with Gasteiger partial charge >= 0.3 is 0 Å². The smallest absolute Gasteiger partial charge is 0.0644 e. The van der Waals surface area contributed by atoms with Gasteiger partial charge in [-0.3, -0.25) is 0 Å². The fourth-order valence-corrected chi connectivity index (χ4v) is 4.32. The van der Waals surface area contributed by atoms with E-state index in [1.807, 2.05) is 0 Å². The molecule has 1 atom stereocenters. The van der Waals surface area contributed by atoms with Gasteiger partial charge < -0.3 is 14.4 Å². The highest BCUT2D eigenvalue weighted by molar-refractivity contribution is 4.92. The van der Waals surface area contributed by atoms with Gasteiger partial charge in [-0.15, -0.1) is 0 Å². The van der Waals surface area contributed by atoms with Crippen molar-refractivity contribution in [3.05, 3.63) is 24.3 Å². The Labute approximate surface area is 227 Å². The summed E-state index contributed by atoms with van der Waals surface area (Å²) in [5, 5.41) is 0. The number of allylic oxidation sites excluding steroid dienone is 4. The molecule has 0 aromatic rings. The van der Waals surface area contributed by atoms with Crippen LogP contribution in [-0.4, -0.2) is 51.5 Å². The average molecular weight is 508 g/mol. The van der Waals surface area contributed by atoms with E-state index in [0.717, 1.165) is 32.8 Å². The number of hydrogen-bond donors (Lipinski definition) is 0. The fourth-order valence-electron chi connectivity index (χ4n) is 4.32. The molecule has 0 amide bonds. The molecule has 0 N–H and O–H groups in total. The predicted octanol–water partition coefficient (Wildman–Crippen LogP) is 9.90. The molecule has 0 saturated carbocycles. The fraction of sp³-hybridized carbons (Fsp3) is 0.879. The van der Waals surface area contributed by atoms with Crippen molar-refractivity contribution in [3.8, 4) is 0 Å². The lowest BCUT2D eigenvalue weighted by molar-refractivity contribution is 0.0198. The number of unbranched alkanes of at least 4 members (excludes halogenated alkanes) is 16. The molecule has 0 aliphatic rings. The first kappa shape index (κ1) is 35.4. The molecule has 0 aliphatic heterocycles. The second-order valence-corrected chi connectivity index (χ2v) is 10.8. The summed E-state index contributed by atoms with van der Waals surface area (Å²) in [6, 6.07) is 0.370. The molecule has 0 saturated heterocycles. The van der Waals surface area contributed by atoms with Gasteiger partial charge in [-0.05, 0) is 59.0 Å². The predicted molar refractivity (Wildman–Crippen MR) is 161 cm³/mol. The van der Waals surface area contributed by atoms with E-state index in [4.69, 9.17) is 9.47 Å². The van der Waals surface area contributed by atoms with E-state index in [1.54, 1.807) is 0 Å². The topological polar surface area (TPSA) is 21.7 Å². The number of likely N-dealkylation sites (N-methyl/N-ethyl adjacent to an activating group) is 1. The molecule has 1 unspecified atom stereocenters. The van der Waals surface area contributed by atoms with E-state index in [1.165, 1.54) is 122 Å². The zero-order valence-corrected chi connectivity index (χ0v) is 25.1. The van der Waals surface area contributed by atoms with E-state index in [2.05, 4.69) is 57.1 Å². The van der Waals surface area contributed by atoms with Gasteiger partial charge in [0.1, 0.15) is 0 Å². The van der Waals surface area contributed by atoms with Crippen molar-refractivity contribution in [2.75, 3.05) is 40.5 Å². The van der Waals surface area contributed by atoms with Crippen LogP contribution in [0.3, 0.4) is 0 Å². The number of hydrogen-bond acceptors (Lipinski definition) is 3. The Balaban J connectivity index is 3.35. The maximum Gasteiger partial charge on any atom is 0.0644 e. The second-order valence-electron chi connectivity index (χ2n) is 10.8. The standard InChI is InChI=1S/C33H65NO2/c1-5-7-9-11-12-13-14-15-16-17-18-19-20-21-22-23-24-25-26-28-30-36-32-33(34(3)4)31-35-29-27-10-8-6-2/h12-13,15-16,33H,5-11,14,17-32H2,1-4H3. The van der Waals surface area contributed by atoms with Crippen molar-refractivity contribution in [1.29, 1.82) is 0 Å². The Morgan fingerprint density at radius 2 is 0.889 bits per heavy atom. The lowest BCUT2D eigenvalue weighted by atomic mass is 10.1. The van der Waals surface area contributed by atoms with Gasteiger partial charge in [0.25, 0.3) is 0 Å². The van der Waals surface area contributed by atoms with Crippen LogP contribution in [0.25, 0.3) is 0 Å². The third-order valence-electron chi connectivity index (χ3n) is 6.98. The first-order chi connectivity index (χ1) is 17.7. The summed E-state index contributed by atoms with van der Waals surface area (Å²) in [5.74, 6) is 0.